The van der Waals surface area contributed by atoms with Crippen LogP contribution >= 0.6 is 0 Å². The van der Waals surface area contributed by atoms with Crippen LogP contribution in [0.2, 0.25) is 0 Å². The number of aromatic nitrogens is 1. The Morgan fingerprint density at radius 1 is 1.09 bits per heavy atom. The first-order valence-corrected chi connectivity index (χ1v) is 8.40. The standard InChI is InChI=1S/C17H15NO4S/c1-12-6-8-15(9-7-12)23(19,20)17-16(22-11-18-17)13-4-3-5-14(10-13)21-2/h3-11H,1-2H3. The summed E-state index contributed by atoms with van der Waals surface area (Å²) in [5, 5.41) is -0.102. The summed E-state index contributed by atoms with van der Waals surface area (Å²) in [5.74, 6) is 0.807. The molecule has 2 aromatic carbocycles. The van der Waals surface area contributed by atoms with E-state index in [2.05, 4.69) is 4.98 Å². The molecule has 0 saturated carbocycles. The molecule has 6 heteroatoms. The van der Waals surface area contributed by atoms with Gasteiger partial charge in [0.05, 0.1) is 12.0 Å². The molecule has 0 radical (unpaired) electrons. The quantitative estimate of drug-likeness (QED) is 0.733. The van der Waals surface area contributed by atoms with Gasteiger partial charge >= 0.3 is 0 Å². The van der Waals surface area contributed by atoms with Gasteiger partial charge in [0.1, 0.15) is 5.75 Å². The van der Waals surface area contributed by atoms with Crippen molar-refractivity contribution in [3.63, 3.8) is 0 Å². The van der Waals surface area contributed by atoms with Crippen molar-refractivity contribution in [3.05, 3.63) is 60.5 Å². The van der Waals surface area contributed by atoms with Gasteiger partial charge in [0.2, 0.25) is 14.9 Å². The van der Waals surface area contributed by atoms with Gasteiger partial charge < -0.3 is 9.15 Å². The van der Waals surface area contributed by atoms with Crippen molar-refractivity contribution in [2.24, 2.45) is 0 Å². The lowest BCUT2D eigenvalue weighted by molar-refractivity contribution is 0.415. The number of aryl methyl sites for hydroxylation is 1. The van der Waals surface area contributed by atoms with Gasteiger partial charge in [-0.2, -0.15) is 0 Å². The number of rotatable bonds is 4. The lowest BCUT2D eigenvalue weighted by atomic mass is 10.2. The molecule has 3 rings (SSSR count). The normalized spacial score (nSPS) is 11.4. The Hall–Kier alpha value is -2.60. The number of benzene rings is 2. The minimum atomic E-state index is -3.76. The average Bonchev–Trinajstić information content (AvgIpc) is 3.06. The van der Waals surface area contributed by atoms with Crippen molar-refractivity contribution < 1.29 is 17.6 Å². The predicted octanol–water partition coefficient (Wildman–Crippen LogP) is 3.49. The molecule has 5 nitrogen and oxygen atoms in total. The zero-order valence-corrected chi connectivity index (χ0v) is 13.5. The number of oxazole rings is 1. The first kappa shape index (κ1) is 15.3. The second-order valence-electron chi connectivity index (χ2n) is 5.04. The van der Waals surface area contributed by atoms with Gasteiger partial charge in [-0.3, -0.25) is 0 Å². The maximum Gasteiger partial charge on any atom is 0.227 e. The molecule has 0 saturated heterocycles. The van der Waals surface area contributed by atoms with Crippen LogP contribution in [0.15, 0.2) is 69.3 Å². The number of hydrogen-bond donors (Lipinski definition) is 0. The van der Waals surface area contributed by atoms with Gasteiger partial charge in [0.25, 0.3) is 0 Å². The van der Waals surface area contributed by atoms with E-state index in [1.54, 1.807) is 55.6 Å². The summed E-state index contributed by atoms with van der Waals surface area (Å²) in [7, 11) is -2.21. The summed E-state index contributed by atoms with van der Waals surface area (Å²) in [6.45, 7) is 1.90. The zero-order valence-electron chi connectivity index (χ0n) is 12.7. The van der Waals surface area contributed by atoms with Crippen LogP contribution in [0.3, 0.4) is 0 Å². The number of ether oxygens (including phenoxy) is 1. The Morgan fingerprint density at radius 3 is 2.52 bits per heavy atom. The molecule has 0 aliphatic heterocycles. The molecule has 0 aliphatic carbocycles. The maximum absolute atomic E-state index is 12.8. The summed E-state index contributed by atoms with van der Waals surface area (Å²) < 4.78 is 36.1. The molecule has 0 unspecified atom stereocenters. The van der Waals surface area contributed by atoms with Crippen LogP contribution in [0, 0.1) is 6.92 Å². The molecule has 0 amide bonds. The second-order valence-corrected chi connectivity index (χ2v) is 6.90. The highest BCUT2D eigenvalue weighted by Crippen LogP contribution is 2.32. The van der Waals surface area contributed by atoms with Crippen molar-refractivity contribution >= 4 is 9.84 Å². The summed E-state index contributed by atoms with van der Waals surface area (Å²) in [6.07, 6.45) is 1.13. The second kappa shape index (κ2) is 5.89. The third-order valence-electron chi connectivity index (χ3n) is 3.45. The monoisotopic (exact) mass is 329 g/mol. The molecule has 1 aromatic heterocycles. The molecule has 23 heavy (non-hydrogen) atoms. The first-order valence-electron chi connectivity index (χ1n) is 6.92. The topological polar surface area (TPSA) is 69.4 Å². The van der Waals surface area contributed by atoms with E-state index in [4.69, 9.17) is 9.15 Å². The summed E-state index contributed by atoms with van der Waals surface area (Å²) in [6, 6.07) is 13.6. The van der Waals surface area contributed by atoms with Crippen molar-refractivity contribution in [1.82, 2.24) is 4.98 Å². The number of nitrogens with zero attached hydrogens (tertiary/aromatic N) is 1. The van der Waals surface area contributed by atoms with E-state index >= 15 is 0 Å². The van der Waals surface area contributed by atoms with E-state index < -0.39 is 9.84 Å². The third kappa shape index (κ3) is 2.85. The van der Waals surface area contributed by atoms with E-state index in [1.807, 2.05) is 6.92 Å². The highest BCUT2D eigenvalue weighted by molar-refractivity contribution is 7.91. The molecule has 3 aromatic rings. The molecule has 0 fully saturated rings. The van der Waals surface area contributed by atoms with Crippen LogP contribution < -0.4 is 4.74 Å². The number of sulfone groups is 1. The van der Waals surface area contributed by atoms with E-state index in [9.17, 15) is 8.42 Å². The Morgan fingerprint density at radius 2 is 1.83 bits per heavy atom. The average molecular weight is 329 g/mol. The van der Waals surface area contributed by atoms with Gasteiger partial charge in [0.15, 0.2) is 12.2 Å². The SMILES string of the molecule is COc1cccc(-c2ocnc2S(=O)(=O)c2ccc(C)cc2)c1. The van der Waals surface area contributed by atoms with Gasteiger partial charge in [0, 0.05) is 5.56 Å². The molecule has 0 N–H and O–H groups in total. The third-order valence-corrected chi connectivity index (χ3v) is 5.15. The number of hydrogen-bond acceptors (Lipinski definition) is 5. The number of methoxy groups -OCH3 is 1. The lowest BCUT2D eigenvalue weighted by Crippen LogP contribution is -2.04. The van der Waals surface area contributed by atoms with Gasteiger partial charge in [-0.25, -0.2) is 13.4 Å². The van der Waals surface area contributed by atoms with E-state index in [1.165, 1.54) is 0 Å². The molecule has 118 valence electrons. The zero-order chi connectivity index (χ0) is 16.4. The fourth-order valence-electron chi connectivity index (χ4n) is 2.21. The van der Waals surface area contributed by atoms with Crippen LogP contribution in [0.25, 0.3) is 11.3 Å². The van der Waals surface area contributed by atoms with Crippen molar-refractivity contribution in [2.45, 2.75) is 16.8 Å². The lowest BCUT2D eigenvalue weighted by Gasteiger charge is -2.06. The molecular weight excluding hydrogens is 314 g/mol. The first-order chi connectivity index (χ1) is 11.0. The smallest absolute Gasteiger partial charge is 0.227 e. The van der Waals surface area contributed by atoms with Gasteiger partial charge in [-0.05, 0) is 31.2 Å². The van der Waals surface area contributed by atoms with Crippen LogP contribution in [0.4, 0.5) is 0 Å². The van der Waals surface area contributed by atoms with Crippen LogP contribution in [-0.2, 0) is 9.84 Å². The molecule has 1 heterocycles. The molecule has 0 bridgehead atoms. The Labute approximate surface area is 134 Å². The predicted molar refractivity (Wildman–Crippen MR) is 85.1 cm³/mol. The fourth-order valence-corrected chi connectivity index (χ4v) is 3.52. The minimum Gasteiger partial charge on any atom is -0.497 e. The molecular formula is C17H15NO4S. The Bertz CT molecular complexity index is 927. The highest BCUT2D eigenvalue weighted by atomic mass is 32.2. The van der Waals surface area contributed by atoms with E-state index in [0.29, 0.717) is 11.3 Å². The van der Waals surface area contributed by atoms with E-state index in [0.717, 1.165) is 12.0 Å². The van der Waals surface area contributed by atoms with Gasteiger partial charge in [-0.15, -0.1) is 0 Å². The molecule has 0 atom stereocenters. The molecule has 0 aliphatic rings. The maximum atomic E-state index is 12.8. The summed E-state index contributed by atoms with van der Waals surface area (Å²) in [4.78, 5) is 4.10. The van der Waals surface area contributed by atoms with Crippen molar-refractivity contribution in [2.75, 3.05) is 7.11 Å². The van der Waals surface area contributed by atoms with Gasteiger partial charge in [-0.1, -0.05) is 29.8 Å². The van der Waals surface area contributed by atoms with Crippen LogP contribution in [0.5, 0.6) is 5.75 Å². The molecule has 0 spiro atoms. The van der Waals surface area contributed by atoms with Crippen molar-refractivity contribution in [1.29, 1.82) is 0 Å². The Balaban J connectivity index is 2.11. The Kier molecular flexibility index (Phi) is 3.92. The summed E-state index contributed by atoms with van der Waals surface area (Å²) in [5.41, 5.74) is 1.57. The minimum absolute atomic E-state index is 0.102. The summed E-state index contributed by atoms with van der Waals surface area (Å²) >= 11 is 0. The largest absolute Gasteiger partial charge is 0.497 e. The van der Waals surface area contributed by atoms with Crippen LogP contribution in [0.1, 0.15) is 5.56 Å². The van der Waals surface area contributed by atoms with E-state index in [-0.39, 0.29) is 15.7 Å². The van der Waals surface area contributed by atoms with Crippen LogP contribution in [-0.4, -0.2) is 20.5 Å². The fraction of sp³-hybridized carbons (Fsp3) is 0.118. The highest BCUT2D eigenvalue weighted by Gasteiger charge is 2.26. The van der Waals surface area contributed by atoms with Crippen molar-refractivity contribution in [3.8, 4) is 17.1 Å².